The molecule has 3 rings (SSSR count). The Kier molecular flexibility index (Phi) is 5.36. The number of carboxylic acid groups (broad SMARTS) is 1. The third kappa shape index (κ3) is 4.07. The highest BCUT2D eigenvalue weighted by molar-refractivity contribution is 8.00. The van der Waals surface area contributed by atoms with E-state index in [0.717, 1.165) is 11.3 Å². The number of aromatic carboxylic acids is 1. The van der Waals surface area contributed by atoms with Crippen molar-refractivity contribution in [3.05, 3.63) is 23.1 Å². The maximum atomic E-state index is 14.3. The van der Waals surface area contributed by atoms with E-state index in [0.29, 0.717) is 23.4 Å². The molecule has 142 valence electrons. The van der Waals surface area contributed by atoms with E-state index in [1.54, 1.807) is 12.1 Å². The lowest BCUT2D eigenvalue weighted by Crippen LogP contribution is -2.46. The monoisotopic (exact) mass is 408 g/mol. The zero-order valence-corrected chi connectivity index (χ0v) is 15.3. The summed E-state index contributed by atoms with van der Waals surface area (Å²) in [7, 11) is 1.82. The summed E-state index contributed by atoms with van der Waals surface area (Å²) in [5, 5.41) is 12.6. The summed E-state index contributed by atoms with van der Waals surface area (Å²) < 4.78 is 53.2. The fraction of sp³-hybridized carbons (Fsp3) is 0.438. The molecule has 0 amide bonds. The third-order valence-electron chi connectivity index (χ3n) is 4.17. The van der Waals surface area contributed by atoms with Gasteiger partial charge < -0.3 is 15.3 Å². The molecule has 2 aromatic rings. The van der Waals surface area contributed by atoms with Crippen LogP contribution in [0, 0.1) is 0 Å². The van der Waals surface area contributed by atoms with E-state index < -0.39 is 35.5 Å². The van der Waals surface area contributed by atoms with Gasteiger partial charge in [0, 0.05) is 23.4 Å². The Morgan fingerprint density at radius 3 is 2.77 bits per heavy atom. The van der Waals surface area contributed by atoms with Gasteiger partial charge in [-0.2, -0.15) is 13.2 Å². The van der Waals surface area contributed by atoms with Gasteiger partial charge in [0.2, 0.25) is 0 Å². The minimum absolute atomic E-state index is 0.211. The normalized spacial score (nSPS) is 21.9. The Hall–Kier alpha value is -1.52. The van der Waals surface area contributed by atoms with E-state index in [9.17, 15) is 27.5 Å². The van der Waals surface area contributed by atoms with Crippen molar-refractivity contribution in [2.24, 2.45) is 0 Å². The highest BCUT2D eigenvalue weighted by Crippen LogP contribution is 2.47. The van der Waals surface area contributed by atoms with Gasteiger partial charge in [-0.1, -0.05) is 12.1 Å². The van der Waals surface area contributed by atoms with Gasteiger partial charge in [0.1, 0.15) is 11.0 Å². The number of anilines is 1. The van der Waals surface area contributed by atoms with Gasteiger partial charge in [0.15, 0.2) is 0 Å². The van der Waals surface area contributed by atoms with E-state index in [1.807, 2.05) is 11.9 Å². The molecule has 1 saturated heterocycles. The number of likely N-dealkylation sites (tertiary alicyclic amines) is 1. The summed E-state index contributed by atoms with van der Waals surface area (Å²) in [6.45, 7) is 0.974. The number of hydrogen-bond donors (Lipinski definition) is 2. The van der Waals surface area contributed by atoms with Crippen molar-refractivity contribution in [1.29, 1.82) is 0 Å². The molecule has 0 aliphatic carbocycles. The Bertz CT molecular complexity index is 824. The molecule has 1 aliphatic heterocycles. The molecule has 0 spiro atoms. The first-order valence-electron chi connectivity index (χ1n) is 7.79. The number of nitrogens with zero attached hydrogens (tertiary/aromatic N) is 1. The summed E-state index contributed by atoms with van der Waals surface area (Å²) in [5.74, 6) is -1.41. The molecule has 0 unspecified atom stereocenters. The first-order valence-corrected chi connectivity index (χ1v) is 9.42. The fourth-order valence-electron chi connectivity index (χ4n) is 2.99. The number of thiophene rings is 1. The van der Waals surface area contributed by atoms with Crippen LogP contribution < -0.4 is 5.32 Å². The standard InChI is InChI=1S/C16H16F4N2O2S2/c1-22-6-5-10(9(17)7-22)21-11-4-2-3-8-12(11)25-14(15(23)24)13(8)26-16(18,19)20/h2-4,9-10,21H,5-7H2,1H3,(H,23,24)/t9-,10+/m0/s1. The van der Waals surface area contributed by atoms with E-state index in [1.165, 1.54) is 6.07 Å². The van der Waals surface area contributed by atoms with Crippen LogP contribution in [0.15, 0.2) is 23.1 Å². The van der Waals surface area contributed by atoms with Gasteiger partial charge in [-0.3, -0.25) is 0 Å². The summed E-state index contributed by atoms with van der Waals surface area (Å²) in [6, 6.07) is 4.17. The molecule has 10 heteroatoms. The van der Waals surface area contributed by atoms with Crippen LogP contribution in [0.2, 0.25) is 0 Å². The highest BCUT2D eigenvalue weighted by Gasteiger charge is 2.34. The Balaban J connectivity index is 2.00. The molecule has 2 heterocycles. The largest absolute Gasteiger partial charge is 0.477 e. The maximum Gasteiger partial charge on any atom is 0.446 e. The smallest absolute Gasteiger partial charge is 0.446 e. The van der Waals surface area contributed by atoms with Crippen molar-refractivity contribution < 1.29 is 27.5 Å². The Labute approximate surface area is 155 Å². The average Bonchev–Trinajstić information content (AvgIpc) is 2.88. The number of benzene rings is 1. The van der Waals surface area contributed by atoms with Crippen LogP contribution in [0.25, 0.3) is 10.1 Å². The molecule has 2 N–H and O–H groups in total. The summed E-state index contributed by atoms with van der Waals surface area (Å²) >= 11 is 0.342. The number of carbonyl (C=O) groups is 1. The second kappa shape index (κ2) is 7.24. The number of nitrogens with one attached hydrogen (secondary N) is 1. The van der Waals surface area contributed by atoms with Crippen molar-refractivity contribution in [2.45, 2.75) is 29.0 Å². The molecule has 1 aromatic carbocycles. The van der Waals surface area contributed by atoms with Crippen molar-refractivity contribution in [3.63, 3.8) is 0 Å². The molecule has 0 saturated carbocycles. The van der Waals surface area contributed by atoms with Gasteiger partial charge in [-0.15, -0.1) is 11.3 Å². The summed E-state index contributed by atoms with van der Waals surface area (Å²) in [6.07, 6.45) is -0.568. The SMILES string of the molecule is CN1CC[C@@H](Nc2cccc3c(SC(F)(F)F)c(C(=O)O)sc23)[C@@H](F)C1. The van der Waals surface area contributed by atoms with Crippen molar-refractivity contribution in [1.82, 2.24) is 4.90 Å². The molecule has 1 fully saturated rings. The first-order chi connectivity index (χ1) is 12.2. The number of alkyl halides is 4. The highest BCUT2D eigenvalue weighted by atomic mass is 32.2. The van der Waals surface area contributed by atoms with Crippen LogP contribution in [0.3, 0.4) is 0 Å². The number of carboxylic acids is 1. The van der Waals surface area contributed by atoms with Crippen LogP contribution in [-0.2, 0) is 0 Å². The molecular formula is C16H16F4N2O2S2. The van der Waals surface area contributed by atoms with Gasteiger partial charge in [-0.25, -0.2) is 9.18 Å². The predicted molar refractivity (Wildman–Crippen MR) is 95.1 cm³/mol. The number of rotatable bonds is 4. The molecule has 2 atom stereocenters. The van der Waals surface area contributed by atoms with E-state index in [-0.39, 0.29) is 21.7 Å². The zero-order valence-electron chi connectivity index (χ0n) is 13.6. The lowest BCUT2D eigenvalue weighted by atomic mass is 10.0. The van der Waals surface area contributed by atoms with Gasteiger partial charge in [0.25, 0.3) is 0 Å². The van der Waals surface area contributed by atoms with Crippen LogP contribution in [0.4, 0.5) is 23.2 Å². The van der Waals surface area contributed by atoms with Crippen molar-refractivity contribution in [3.8, 4) is 0 Å². The Morgan fingerprint density at radius 2 is 2.15 bits per heavy atom. The van der Waals surface area contributed by atoms with Crippen LogP contribution in [-0.4, -0.2) is 53.8 Å². The Morgan fingerprint density at radius 1 is 1.42 bits per heavy atom. The van der Waals surface area contributed by atoms with Gasteiger partial charge >= 0.3 is 11.5 Å². The fourth-order valence-corrected chi connectivity index (χ4v) is 5.00. The zero-order chi connectivity index (χ0) is 19.1. The topological polar surface area (TPSA) is 52.6 Å². The minimum Gasteiger partial charge on any atom is -0.477 e. The minimum atomic E-state index is -4.60. The lowest BCUT2D eigenvalue weighted by Gasteiger charge is -2.33. The lowest BCUT2D eigenvalue weighted by molar-refractivity contribution is -0.0327. The van der Waals surface area contributed by atoms with Crippen molar-refractivity contribution in [2.75, 3.05) is 25.5 Å². The molecule has 0 radical (unpaired) electrons. The number of thioether (sulfide) groups is 1. The average molecular weight is 408 g/mol. The van der Waals surface area contributed by atoms with Gasteiger partial charge in [-0.05, 0) is 31.3 Å². The predicted octanol–water partition coefficient (Wildman–Crippen LogP) is 4.67. The first kappa shape index (κ1) is 19.2. The maximum absolute atomic E-state index is 14.3. The van der Waals surface area contributed by atoms with E-state index in [4.69, 9.17) is 0 Å². The summed E-state index contributed by atoms with van der Waals surface area (Å²) in [4.78, 5) is 12.6. The molecule has 26 heavy (non-hydrogen) atoms. The molecule has 0 bridgehead atoms. The molecule has 4 nitrogen and oxygen atoms in total. The third-order valence-corrected chi connectivity index (χ3v) is 6.38. The molecular weight excluding hydrogens is 392 g/mol. The van der Waals surface area contributed by atoms with Crippen LogP contribution in [0.1, 0.15) is 16.1 Å². The van der Waals surface area contributed by atoms with E-state index in [2.05, 4.69) is 5.32 Å². The van der Waals surface area contributed by atoms with E-state index >= 15 is 0 Å². The number of hydrogen-bond acceptors (Lipinski definition) is 5. The quantitative estimate of drug-likeness (QED) is 0.569. The van der Waals surface area contributed by atoms with Gasteiger partial charge in [0.05, 0.1) is 16.4 Å². The van der Waals surface area contributed by atoms with Crippen LogP contribution in [0.5, 0.6) is 0 Å². The molecule has 1 aromatic heterocycles. The molecule has 1 aliphatic rings. The second-order valence-electron chi connectivity index (χ2n) is 6.11. The second-order valence-corrected chi connectivity index (χ2v) is 8.21. The number of fused-ring (bicyclic) bond motifs is 1. The number of halogens is 4. The summed E-state index contributed by atoms with van der Waals surface area (Å²) in [5.41, 5.74) is -4.14. The van der Waals surface area contributed by atoms with Crippen LogP contribution >= 0.6 is 23.1 Å². The number of piperidine rings is 1. The van der Waals surface area contributed by atoms with Crippen molar-refractivity contribution >= 4 is 44.8 Å².